The molecule has 0 aliphatic heterocycles. The Bertz CT molecular complexity index is 501. The molecule has 1 N–H and O–H groups in total. The number of ether oxygens (including phenoxy) is 1. The molecule has 2 unspecified atom stereocenters. The monoisotopic (exact) mass is 291 g/mol. The van der Waals surface area contributed by atoms with E-state index in [-0.39, 0.29) is 17.9 Å². The van der Waals surface area contributed by atoms with Gasteiger partial charge in [-0.3, -0.25) is 9.69 Å². The van der Waals surface area contributed by atoms with Gasteiger partial charge in [0, 0.05) is 6.04 Å². The van der Waals surface area contributed by atoms with E-state index in [4.69, 9.17) is 4.74 Å². The minimum Gasteiger partial charge on any atom is -0.496 e. The number of hydrogen-bond acceptors (Lipinski definition) is 4. The second kappa shape index (κ2) is 7.05. The molecule has 2 rings (SSSR count). The van der Waals surface area contributed by atoms with Crippen molar-refractivity contribution in [3.05, 3.63) is 29.3 Å². The standard InChI is InChI=1S/C17H25NO3/c1-12-8-9-13(17(10-12)21-3)16(20)11-18(2)14-6-4-5-7-15(14)19/h8-10,14-15,19H,4-7,11H2,1-3H3. The normalized spacial score (nSPS) is 22.3. The van der Waals surface area contributed by atoms with E-state index in [9.17, 15) is 9.90 Å². The van der Waals surface area contributed by atoms with Crippen molar-refractivity contribution < 1.29 is 14.6 Å². The zero-order valence-corrected chi connectivity index (χ0v) is 13.1. The number of likely N-dealkylation sites (N-methyl/N-ethyl adjacent to an activating group) is 1. The minimum atomic E-state index is -0.323. The third kappa shape index (κ3) is 3.83. The van der Waals surface area contributed by atoms with Crippen LogP contribution in [0.3, 0.4) is 0 Å². The lowest BCUT2D eigenvalue weighted by Gasteiger charge is -2.34. The summed E-state index contributed by atoms with van der Waals surface area (Å²) in [4.78, 5) is 14.5. The highest BCUT2D eigenvalue weighted by atomic mass is 16.5. The molecule has 1 aliphatic rings. The summed E-state index contributed by atoms with van der Waals surface area (Å²) in [7, 11) is 3.50. The molecule has 0 heterocycles. The number of Topliss-reactive ketones (excluding diaryl/α,β-unsaturated/α-hetero) is 1. The van der Waals surface area contributed by atoms with Gasteiger partial charge < -0.3 is 9.84 Å². The zero-order valence-electron chi connectivity index (χ0n) is 13.1. The number of ketones is 1. The zero-order chi connectivity index (χ0) is 15.4. The number of aliphatic hydroxyl groups excluding tert-OH is 1. The minimum absolute atomic E-state index is 0.0344. The predicted octanol–water partition coefficient (Wildman–Crippen LogP) is 2.42. The number of hydrogen-bond donors (Lipinski definition) is 1. The predicted molar refractivity (Wildman–Crippen MR) is 83.0 cm³/mol. The van der Waals surface area contributed by atoms with E-state index < -0.39 is 0 Å². The molecule has 1 saturated carbocycles. The first-order chi connectivity index (χ1) is 10.0. The quantitative estimate of drug-likeness (QED) is 0.847. The van der Waals surface area contributed by atoms with Crippen LogP contribution in [0.5, 0.6) is 5.75 Å². The number of carbonyl (C=O) groups is 1. The number of aryl methyl sites for hydroxylation is 1. The van der Waals surface area contributed by atoms with Crippen LogP contribution in [0.4, 0.5) is 0 Å². The van der Waals surface area contributed by atoms with Gasteiger partial charge in [-0.15, -0.1) is 0 Å². The molecular formula is C17H25NO3. The molecule has 0 saturated heterocycles. The molecule has 4 heteroatoms. The average Bonchev–Trinajstić information content (AvgIpc) is 2.47. The number of carbonyl (C=O) groups excluding carboxylic acids is 1. The Morgan fingerprint density at radius 3 is 2.76 bits per heavy atom. The van der Waals surface area contributed by atoms with Gasteiger partial charge in [0.1, 0.15) is 5.75 Å². The summed E-state index contributed by atoms with van der Waals surface area (Å²) in [5.41, 5.74) is 1.68. The molecule has 0 spiro atoms. The van der Waals surface area contributed by atoms with Crippen LogP contribution in [0.1, 0.15) is 41.6 Å². The van der Waals surface area contributed by atoms with Gasteiger partial charge in [0.25, 0.3) is 0 Å². The molecule has 21 heavy (non-hydrogen) atoms. The largest absolute Gasteiger partial charge is 0.496 e. The van der Waals surface area contributed by atoms with Crippen LogP contribution in [0.2, 0.25) is 0 Å². The van der Waals surface area contributed by atoms with Crippen molar-refractivity contribution in [1.82, 2.24) is 4.90 Å². The molecule has 2 atom stereocenters. The first kappa shape index (κ1) is 16.0. The van der Waals surface area contributed by atoms with E-state index in [0.29, 0.717) is 17.9 Å². The number of methoxy groups -OCH3 is 1. The highest BCUT2D eigenvalue weighted by molar-refractivity contribution is 6.00. The second-order valence-electron chi connectivity index (χ2n) is 5.96. The van der Waals surface area contributed by atoms with Gasteiger partial charge in [0.05, 0.1) is 25.3 Å². The van der Waals surface area contributed by atoms with E-state index >= 15 is 0 Å². The molecule has 1 aliphatic carbocycles. The van der Waals surface area contributed by atoms with E-state index in [1.807, 2.05) is 37.1 Å². The van der Waals surface area contributed by atoms with Crippen molar-refractivity contribution >= 4 is 5.78 Å². The average molecular weight is 291 g/mol. The van der Waals surface area contributed by atoms with E-state index in [1.165, 1.54) is 0 Å². The Labute approximate surface area is 126 Å². The lowest BCUT2D eigenvalue weighted by molar-refractivity contribution is 0.0321. The van der Waals surface area contributed by atoms with Crippen LogP contribution in [0.25, 0.3) is 0 Å². The van der Waals surface area contributed by atoms with Gasteiger partial charge in [0.2, 0.25) is 0 Å². The maximum Gasteiger partial charge on any atom is 0.180 e. The smallest absolute Gasteiger partial charge is 0.180 e. The number of aliphatic hydroxyl groups is 1. The fraction of sp³-hybridized carbons (Fsp3) is 0.588. The summed E-state index contributed by atoms with van der Waals surface area (Å²) >= 11 is 0. The Kier molecular flexibility index (Phi) is 5.37. The highest BCUT2D eigenvalue weighted by Crippen LogP contribution is 2.24. The maximum absolute atomic E-state index is 12.5. The fourth-order valence-electron chi connectivity index (χ4n) is 3.06. The number of rotatable bonds is 5. The summed E-state index contributed by atoms with van der Waals surface area (Å²) in [5, 5.41) is 10.1. The van der Waals surface area contributed by atoms with Crippen LogP contribution in [0.15, 0.2) is 18.2 Å². The third-order valence-corrected chi connectivity index (χ3v) is 4.31. The first-order valence-corrected chi connectivity index (χ1v) is 7.59. The molecular weight excluding hydrogens is 266 g/mol. The van der Waals surface area contributed by atoms with Gasteiger partial charge in [-0.1, -0.05) is 18.9 Å². The Morgan fingerprint density at radius 2 is 2.10 bits per heavy atom. The molecule has 1 fully saturated rings. The van der Waals surface area contributed by atoms with Gasteiger partial charge in [-0.2, -0.15) is 0 Å². The van der Waals surface area contributed by atoms with Crippen LogP contribution in [-0.4, -0.2) is 48.6 Å². The summed E-state index contributed by atoms with van der Waals surface area (Å²) in [6.45, 7) is 2.28. The van der Waals surface area contributed by atoms with Crippen LogP contribution < -0.4 is 4.74 Å². The van der Waals surface area contributed by atoms with Gasteiger partial charge in [0.15, 0.2) is 5.78 Å². The summed E-state index contributed by atoms with van der Waals surface area (Å²) in [5.74, 6) is 0.657. The second-order valence-corrected chi connectivity index (χ2v) is 5.96. The fourth-order valence-corrected chi connectivity index (χ4v) is 3.06. The van der Waals surface area contributed by atoms with E-state index in [0.717, 1.165) is 31.2 Å². The Hall–Kier alpha value is -1.39. The lowest BCUT2D eigenvalue weighted by atomic mass is 9.91. The summed E-state index contributed by atoms with van der Waals surface area (Å²) in [6.07, 6.45) is 3.66. The molecule has 1 aromatic carbocycles. The molecule has 0 bridgehead atoms. The third-order valence-electron chi connectivity index (χ3n) is 4.31. The summed E-state index contributed by atoms with van der Waals surface area (Å²) < 4.78 is 5.31. The van der Waals surface area contributed by atoms with E-state index in [1.54, 1.807) is 7.11 Å². The maximum atomic E-state index is 12.5. The molecule has 0 radical (unpaired) electrons. The molecule has 116 valence electrons. The van der Waals surface area contributed by atoms with Crippen molar-refractivity contribution in [3.8, 4) is 5.75 Å². The van der Waals surface area contributed by atoms with Crippen LogP contribution in [-0.2, 0) is 0 Å². The van der Waals surface area contributed by atoms with Crippen molar-refractivity contribution in [3.63, 3.8) is 0 Å². The molecule has 0 aromatic heterocycles. The molecule has 0 amide bonds. The molecule has 1 aromatic rings. The molecule has 4 nitrogen and oxygen atoms in total. The van der Waals surface area contributed by atoms with Crippen LogP contribution in [0, 0.1) is 6.92 Å². The van der Waals surface area contributed by atoms with Crippen molar-refractivity contribution in [2.45, 2.75) is 44.8 Å². The number of nitrogens with zero attached hydrogens (tertiary/aromatic N) is 1. The lowest BCUT2D eigenvalue weighted by Crippen LogP contribution is -2.45. The van der Waals surface area contributed by atoms with Gasteiger partial charge in [-0.25, -0.2) is 0 Å². The Balaban J connectivity index is 2.07. The Morgan fingerprint density at radius 1 is 1.38 bits per heavy atom. The number of benzene rings is 1. The van der Waals surface area contributed by atoms with Crippen molar-refractivity contribution in [2.24, 2.45) is 0 Å². The van der Waals surface area contributed by atoms with Gasteiger partial charge >= 0.3 is 0 Å². The SMILES string of the molecule is COc1cc(C)ccc1C(=O)CN(C)C1CCCCC1O. The van der Waals surface area contributed by atoms with Crippen molar-refractivity contribution in [1.29, 1.82) is 0 Å². The summed E-state index contributed by atoms with van der Waals surface area (Å²) in [6, 6.07) is 5.70. The van der Waals surface area contributed by atoms with Crippen molar-refractivity contribution in [2.75, 3.05) is 20.7 Å². The first-order valence-electron chi connectivity index (χ1n) is 7.59. The topological polar surface area (TPSA) is 49.8 Å². The van der Waals surface area contributed by atoms with Crippen LogP contribution >= 0.6 is 0 Å². The highest BCUT2D eigenvalue weighted by Gasteiger charge is 2.28. The van der Waals surface area contributed by atoms with E-state index in [2.05, 4.69) is 0 Å². The van der Waals surface area contributed by atoms with Gasteiger partial charge in [-0.05, 0) is 44.5 Å².